The molecule has 2 rings (SSSR count). The molecule has 0 unspecified atom stereocenters. The van der Waals surface area contributed by atoms with E-state index < -0.39 is 10.0 Å². The predicted octanol–water partition coefficient (Wildman–Crippen LogP) is 3.07. The number of nitrogens with one attached hydrogen (secondary N) is 1. The van der Waals surface area contributed by atoms with E-state index in [-0.39, 0.29) is 4.90 Å². The molecule has 0 saturated heterocycles. The molecule has 2 aromatic rings. The molecule has 0 heterocycles. The SMILES string of the molecule is Cc1cccc(/C=N/NS(=O)(=O)c2ccc(Br)cc2)c1. The maximum atomic E-state index is 12.0. The van der Waals surface area contributed by atoms with Crippen LogP contribution in [0.25, 0.3) is 0 Å². The first kappa shape index (κ1) is 14.7. The van der Waals surface area contributed by atoms with Crippen LogP contribution >= 0.6 is 15.9 Å². The van der Waals surface area contributed by atoms with E-state index in [4.69, 9.17) is 0 Å². The van der Waals surface area contributed by atoms with Crippen molar-refractivity contribution in [2.45, 2.75) is 11.8 Å². The van der Waals surface area contributed by atoms with Gasteiger partial charge in [0, 0.05) is 4.47 Å². The highest BCUT2D eigenvalue weighted by atomic mass is 79.9. The first-order chi connectivity index (χ1) is 9.47. The number of nitrogens with zero attached hydrogens (tertiary/aromatic N) is 1. The normalized spacial score (nSPS) is 11.7. The third kappa shape index (κ3) is 3.91. The summed E-state index contributed by atoms with van der Waals surface area (Å²) < 4.78 is 24.7. The van der Waals surface area contributed by atoms with Crippen molar-refractivity contribution >= 4 is 32.2 Å². The van der Waals surface area contributed by atoms with E-state index in [0.717, 1.165) is 15.6 Å². The molecule has 0 aromatic heterocycles. The third-order valence-electron chi connectivity index (χ3n) is 2.55. The molecule has 1 N–H and O–H groups in total. The van der Waals surface area contributed by atoms with Crippen LogP contribution in [0, 0.1) is 6.92 Å². The Morgan fingerprint density at radius 3 is 2.50 bits per heavy atom. The van der Waals surface area contributed by atoms with Gasteiger partial charge in [-0.2, -0.15) is 13.5 Å². The van der Waals surface area contributed by atoms with Gasteiger partial charge in [-0.1, -0.05) is 45.8 Å². The van der Waals surface area contributed by atoms with Crippen molar-refractivity contribution in [2.75, 3.05) is 0 Å². The molecule has 0 aliphatic carbocycles. The number of rotatable bonds is 4. The first-order valence-corrected chi connectivity index (χ1v) is 8.12. The number of halogens is 1. The number of aryl methyl sites for hydroxylation is 1. The Labute approximate surface area is 126 Å². The Balaban J connectivity index is 2.11. The molecule has 0 saturated carbocycles. The van der Waals surface area contributed by atoms with Crippen LogP contribution in [0.5, 0.6) is 0 Å². The topological polar surface area (TPSA) is 58.5 Å². The summed E-state index contributed by atoms with van der Waals surface area (Å²) in [5, 5.41) is 3.78. The highest BCUT2D eigenvalue weighted by Gasteiger charge is 2.11. The zero-order chi connectivity index (χ0) is 14.6. The standard InChI is InChI=1S/C14H13BrN2O2S/c1-11-3-2-4-12(9-11)10-16-17-20(18,19)14-7-5-13(15)6-8-14/h2-10,17H,1H3/b16-10+. The number of hydrogen-bond donors (Lipinski definition) is 1. The molecule has 0 bridgehead atoms. The zero-order valence-corrected chi connectivity index (χ0v) is 13.1. The lowest BCUT2D eigenvalue weighted by Crippen LogP contribution is -2.18. The summed E-state index contributed by atoms with van der Waals surface area (Å²) in [6, 6.07) is 14.0. The monoisotopic (exact) mass is 352 g/mol. The van der Waals surface area contributed by atoms with E-state index in [1.165, 1.54) is 18.3 Å². The van der Waals surface area contributed by atoms with Gasteiger partial charge in [-0.3, -0.25) is 0 Å². The highest BCUT2D eigenvalue weighted by Crippen LogP contribution is 2.14. The Kier molecular flexibility index (Phi) is 4.57. The third-order valence-corrected chi connectivity index (χ3v) is 4.32. The number of hydrazone groups is 1. The molecule has 0 amide bonds. The van der Waals surface area contributed by atoms with Gasteiger partial charge in [0.1, 0.15) is 0 Å². The summed E-state index contributed by atoms with van der Waals surface area (Å²) >= 11 is 3.26. The average Bonchev–Trinajstić information content (AvgIpc) is 2.39. The van der Waals surface area contributed by atoms with Crippen LogP contribution in [0.15, 0.2) is 63.0 Å². The van der Waals surface area contributed by atoms with Crippen LogP contribution in [0.2, 0.25) is 0 Å². The largest absolute Gasteiger partial charge is 0.276 e. The van der Waals surface area contributed by atoms with Crippen molar-refractivity contribution in [3.63, 3.8) is 0 Å². The second-order valence-electron chi connectivity index (χ2n) is 4.22. The minimum atomic E-state index is -3.63. The summed E-state index contributed by atoms with van der Waals surface area (Å²) in [5.74, 6) is 0. The first-order valence-electron chi connectivity index (χ1n) is 5.84. The maximum absolute atomic E-state index is 12.0. The van der Waals surface area contributed by atoms with Gasteiger partial charge < -0.3 is 0 Å². The van der Waals surface area contributed by atoms with E-state index in [0.29, 0.717) is 0 Å². The van der Waals surface area contributed by atoms with Crippen LogP contribution in [0.4, 0.5) is 0 Å². The quantitative estimate of drug-likeness (QED) is 0.678. The molecule has 0 fully saturated rings. The van der Waals surface area contributed by atoms with Crippen molar-refractivity contribution < 1.29 is 8.42 Å². The van der Waals surface area contributed by atoms with Crippen molar-refractivity contribution in [3.8, 4) is 0 Å². The van der Waals surface area contributed by atoms with Gasteiger partial charge in [-0.05, 0) is 36.8 Å². The van der Waals surface area contributed by atoms with Crippen molar-refractivity contribution in [2.24, 2.45) is 5.10 Å². The lowest BCUT2D eigenvalue weighted by Gasteiger charge is -2.03. The summed E-state index contributed by atoms with van der Waals surface area (Å²) in [5.41, 5.74) is 1.92. The van der Waals surface area contributed by atoms with Crippen molar-refractivity contribution in [3.05, 3.63) is 64.1 Å². The highest BCUT2D eigenvalue weighted by molar-refractivity contribution is 9.10. The second kappa shape index (κ2) is 6.19. The molecule has 0 radical (unpaired) electrons. The average molecular weight is 353 g/mol. The molecular weight excluding hydrogens is 340 g/mol. The Morgan fingerprint density at radius 1 is 1.15 bits per heavy atom. The van der Waals surface area contributed by atoms with E-state index in [1.54, 1.807) is 12.1 Å². The summed E-state index contributed by atoms with van der Waals surface area (Å²) in [4.78, 5) is 2.36. The van der Waals surface area contributed by atoms with Crippen LogP contribution in [-0.4, -0.2) is 14.6 Å². The van der Waals surface area contributed by atoms with Gasteiger partial charge in [-0.25, -0.2) is 4.83 Å². The molecule has 0 aliphatic heterocycles. The minimum absolute atomic E-state index is 0.169. The van der Waals surface area contributed by atoms with E-state index >= 15 is 0 Å². The molecule has 20 heavy (non-hydrogen) atoms. The van der Waals surface area contributed by atoms with E-state index in [2.05, 4.69) is 25.9 Å². The Hall–Kier alpha value is -1.66. The predicted molar refractivity (Wildman–Crippen MR) is 83.2 cm³/mol. The number of benzene rings is 2. The summed E-state index contributed by atoms with van der Waals surface area (Å²) in [7, 11) is -3.63. The van der Waals surface area contributed by atoms with Gasteiger partial charge >= 0.3 is 0 Å². The summed E-state index contributed by atoms with van der Waals surface area (Å²) in [6.07, 6.45) is 1.48. The van der Waals surface area contributed by atoms with Gasteiger partial charge in [0.15, 0.2) is 0 Å². The number of hydrogen-bond acceptors (Lipinski definition) is 3. The Morgan fingerprint density at radius 2 is 1.85 bits per heavy atom. The fourth-order valence-corrected chi connectivity index (χ4v) is 2.64. The summed E-state index contributed by atoms with van der Waals surface area (Å²) in [6.45, 7) is 1.96. The molecule has 104 valence electrons. The molecule has 0 spiro atoms. The van der Waals surface area contributed by atoms with Crippen molar-refractivity contribution in [1.29, 1.82) is 0 Å². The van der Waals surface area contributed by atoms with Gasteiger partial charge in [0.25, 0.3) is 10.0 Å². The molecule has 0 aliphatic rings. The number of sulfonamides is 1. The van der Waals surface area contributed by atoms with Crippen LogP contribution in [-0.2, 0) is 10.0 Å². The fourth-order valence-electron chi connectivity index (χ4n) is 1.59. The zero-order valence-electron chi connectivity index (χ0n) is 10.7. The van der Waals surface area contributed by atoms with Crippen LogP contribution in [0.1, 0.15) is 11.1 Å². The van der Waals surface area contributed by atoms with Crippen LogP contribution in [0.3, 0.4) is 0 Å². The molecule has 2 aromatic carbocycles. The minimum Gasteiger partial charge on any atom is -0.200 e. The molecule has 0 atom stereocenters. The lowest BCUT2D eigenvalue weighted by atomic mass is 10.2. The van der Waals surface area contributed by atoms with Gasteiger partial charge in [0.05, 0.1) is 11.1 Å². The molecule has 4 nitrogen and oxygen atoms in total. The lowest BCUT2D eigenvalue weighted by molar-refractivity contribution is 0.584. The van der Waals surface area contributed by atoms with E-state index in [1.807, 2.05) is 31.2 Å². The van der Waals surface area contributed by atoms with Gasteiger partial charge in [0.2, 0.25) is 0 Å². The van der Waals surface area contributed by atoms with Crippen molar-refractivity contribution in [1.82, 2.24) is 4.83 Å². The Bertz CT molecular complexity index is 725. The van der Waals surface area contributed by atoms with Gasteiger partial charge in [-0.15, -0.1) is 0 Å². The van der Waals surface area contributed by atoms with Crippen LogP contribution < -0.4 is 4.83 Å². The maximum Gasteiger partial charge on any atom is 0.276 e. The second-order valence-corrected chi connectivity index (χ2v) is 6.80. The molecular formula is C14H13BrN2O2S. The van der Waals surface area contributed by atoms with E-state index in [9.17, 15) is 8.42 Å². The molecule has 6 heteroatoms. The smallest absolute Gasteiger partial charge is 0.200 e. The fraction of sp³-hybridized carbons (Fsp3) is 0.0714.